The maximum atomic E-state index is 12.6. The van der Waals surface area contributed by atoms with Gasteiger partial charge in [-0.05, 0) is 43.2 Å². The predicted octanol–water partition coefficient (Wildman–Crippen LogP) is 3.89. The van der Waals surface area contributed by atoms with Crippen LogP contribution in [-0.4, -0.2) is 48.9 Å². The molecule has 3 rings (SSSR count). The average molecular weight is 526 g/mol. The summed E-state index contributed by atoms with van der Waals surface area (Å²) in [7, 11) is 1.52. The van der Waals surface area contributed by atoms with E-state index in [9.17, 15) is 14.4 Å². The molecular weight excluding hydrogens is 494 g/mol. The molecule has 1 heterocycles. The van der Waals surface area contributed by atoms with Crippen molar-refractivity contribution in [1.29, 1.82) is 0 Å². The van der Waals surface area contributed by atoms with Gasteiger partial charge in [-0.3, -0.25) is 4.79 Å². The third-order valence-corrected chi connectivity index (χ3v) is 5.29. The topological polar surface area (TPSA) is 167 Å². The number of amides is 3. The zero-order valence-electron chi connectivity index (χ0n) is 21.4. The summed E-state index contributed by atoms with van der Waals surface area (Å²) in [4.78, 5) is 40.1. The van der Waals surface area contributed by atoms with E-state index >= 15 is 0 Å². The van der Waals surface area contributed by atoms with Gasteiger partial charge in [0, 0.05) is 24.0 Å². The van der Waals surface area contributed by atoms with Crippen LogP contribution in [0.1, 0.15) is 25.8 Å². The summed E-state index contributed by atoms with van der Waals surface area (Å²) in [6, 6.07) is 10.9. The maximum absolute atomic E-state index is 12.6. The van der Waals surface area contributed by atoms with Crippen LogP contribution in [0.25, 0.3) is 11.3 Å². The molecule has 12 nitrogen and oxygen atoms in total. The number of hydrogen-bond donors (Lipinski definition) is 4. The Labute approximate surface area is 219 Å². The van der Waals surface area contributed by atoms with Gasteiger partial charge in [0.1, 0.15) is 24.5 Å². The van der Waals surface area contributed by atoms with Crippen molar-refractivity contribution >= 4 is 29.5 Å². The second-order valence-corrected chi connectivity index (χ2v) is 8.27. The first-order valence-electron chi connectivity index (χ1n) is 11.9. The number of benzene rings is 2. The fraction of sp³-hybridized carbons (Fsp3) is 0.308. The van der Waals surface area contributed by atoms with Crippen molar-refractivity contribution in [2.45, 2.75) is 39.0 Å². The fourth-order valence-electron chi connectivity index (χ4n) is 3.28. The zero-order chi connectivity index (χ0) is 27.5. The molecule has 0 radical (unpaired) electrons. The van der Waals surface area contributed by atoms with E-state index < -0.39 is 30.2 Å². The van der Waals surface area contributed by atoms with Gasteiger partial charge in [0.25, 0.3) is 0 Å². The van der Waals surface area contributed by atoms with E-state index in [1.54, 1.807) is 55.6 Å². The van der Waals surface area contributed by atoms with Crippen LogP contribution in [0.5, 0.6) is 5.75 Å². The number of carbonyl (C=O) groups is 3. The number of carbonyl (C=O) groups excluding carboxylic acids is 3. The highest BCUT2D eigenvalue weighted by Gasteiger charge is 2.17. The monoisotopic (exact) mass is 525 g/mol. The Kier molecular flexibility index (Phi) is 10.1. The quantitative estimate of drug-likeness (QED) is 0.272. The molecule has 0 unspecified atom stereocenters. The van der Waals surface area contributed by atoms with Crippen LogP contribution in [0.15, 0.2) is 59.5 Å². The van der Waals surface area contributed by atoms with Gasteiger partial charge in [0.15, 0.2) is 12.2 Å². The van der Waals surface area contributed by atoms with Gasteiger partial charge in [0.05, 0.1) is 18.9 Å². The number of nitrogens with zero attached hydrogens (tertiary/aromatic N) is 1. The molecule has 202 valence electrons. The van der Waals surface area contributed by atoms with E-state index in [0.29, 0.717) is 34.9 Å². The minimum atomic E-state index is -0.752. The standard InChI is InChI=1S/C26H31N5O7/c1-4-20(14-36-24(32)16(2)27)38-26(34)29-12-17-6-5-7-18(10-17)30-25(33)31-19-8-9-21(22(11-19)35-3)23-13-28-15-37-23/h5-11,13,15-16,20H,4,12,14,27H2,1-3H3,(H,29,34)(H2,30,31,33)/t16-,20-/m1/s1. The summed E-state index contributed by atoms with van der Waals surface area (Å²) in [5.41, 5.74) is 7.92. The minimum absolute atomic E-state index is 0.0759. The van der Waals surface area contributed by atoms with Crippen LogP contribution in [-0.2, 0) is 20.8 Å². The number of anilines is 2. The van der Waals surface area contributed by atoms with Gasteiger partial charge in [-0.1, -0.05) is 19.1 Å². The highest BCUT2D eigenvalue weighted by Crippen LogP contribution is 2.32. The Bertz CT molecular complexity index is 1230. The first kappa shape index (κ1) is 28.0. The summed E-state index contributed by atoms with van der Waals surface area (Å²) < 4.78 is 21.0. The molecule has 3 aromatic rings. The van der Waals surface area contributed by atoms with Gasteiger partial charge in [-0.2, -0.15) is 0 Å². The molecule has 2 atom stereocenters. The number of aromatic nitrogens is 1. The van der Waals surface area contributed by atoms with Crippen LogP contribution in [0, 0.1) is 0 Å². The second-order valence-electron chi connectivity index (χ2n) is 8.27. The Balaban J connectivity index is 1.51. The van der Waals surface area contributed by atoms with Gasteiger partial charge < -0.3 is 40.3 Å². The third-order valence-electron chi connectivity index (χ3n) is 5.29. The molecule has 0 spiro atoms. The number of nitrogens with two attached hydrogens (primary N) is 1. The number of rotatable bonds is 11. The van der Waals surface area contributed by atoms with Crippen LogP contribution < -0.4 is 26.4 Å². The third kappa shape index (κ3) is 8.23. The first-order valence-corrected chi connectivity index (χ1v) is 11.9. The molecule has 12 heteroatoms. The predicted molar refractivity (Wildman–Crippen MR) is 140 cm³/mol. The van der Waals surface area contributed by atoms with E-state index in [1.807, 2.05) is 0 Å². The lowest BCUT2D eigenvalue weighted by Gasteiger charge is -2.17. The van der Waals surface area contributed by atoms with E-state index in [2.05, 4.69) is 20.9 Å². The van der Waals surface area contributed by atoms with Crippen molar-refractivity contribution in [2.24, 2.45) is 5.73 Å². The normalized spacial score (nSPS) is 12.1. The molecule has 38 heavy (non-hydrogen) atoms. The number of oxazole rings is 1. The van der Waals surface area contributed by atoms with Gasteiger partial charge in [-0.15, -0.1) is 0 Å². The molecule has 0 saturated heterocycles. The molecule has 0 saturated carbocycles. The molecule has 3 amide bonds. The molecule has 0 fully saturated rings. The summed E-state index contributed by atoms with van der Waals surface area (Å²) in [5.74, 6) is 0.488. The smallest absolute Gasteiger partial charge is 0.407 e. The largest absolute Gasteiger partial charge is 0.496 e. The Morgan fingerprint density at radius 3 is 2.53 bits per heavy atom. The molecule has 0 bridgehead atoms. The number of ether oxygens (including phenoxy) is 3. The SMILES string of the molecule is CC[C@H](COC(=O)[C@@H](C)N)OC(=O)NCc1cccc(NC(=O)Nc2ccc(-c3cnco3)c(OC)c2)c1. The fourth-order valence-corrected chi connectivity index (χ4v) is 3.28. The molecule has 1 aromatic heterocycles. The van der Waals surface area contributed by atoms with Crippen LogP contribution in [0.2, 0.25) is 0 Å². The average Bonchev–Trinajstić information content (AvgIpc) is 3.44. The first-order chi connectivity index (χ1) is 18.3. The van der Waals surface area contributed by atoms with E-state index in [1.165, 1.54) is 20.4 Å². The van der Waals surface area contributed by atoms with Crippen molar-refractivity contribution in [3.63, 3.8) is 0 Å². The van der Waals surface area contributed by atoms with E-state index in [-0.39, 0.29) is 13.2 Å². The number of hydrogen-bond acceptors (Lipinski definition) is 9. The summed E-state index contributed by atoms with van der Waals surface area (Å²) in [6.07, 6.45) is 2.10. The van der Waals surface area contributed by atoms with Crippen molar-refractivity contribution in [2.75, 3.05) is 24.4 Å². The Hall–Kier alpha value is -4.58. The highest BCUT2D eigenvalue weighted by atomic mass is 16.6. The lowest BCUT2D eigenvalue weighted by Crippen LogP contribution is -2.34. The van der Waals surface area contributed by atoms with Gasteiger partial charge >= 0.3 is 18.1 Å². The van der Waals surface area contributed by atoms with Gasteiger partial charge in [-0.25, -0.2) is 14.6 Å². The van der Waals surface area contributed by atoms with Crippen LogP contribution in [0.4, 0.5) is 21.0 Å². The molecule has 0 aliphatic carbocycles. The van der Waals surface area contributed by atoms with E-state index in [4.69, 9.17) is 24.4 Å². The van der Waals surface area contributed by atoms with Crippen molar-refractivity contribution < 1.29 is 33.0 Å². The molecule has 0 aliphatic rings. The van der Waals surface area contributed by atoms with Crippen molar-refractivity contribution in [1.82, 2.24) is 10.3 Å². The number of methoxy groups -OCH3 is 1. The second kappa shape index (κ2) is 13.7. The minimum Gasteiger partial charge on any atom is -0.496 e. The number of alkyl carbamates (subject to hydrolysis) is 1. The maximum Gasteiger partial charge on any atom is 0.407 e. The lowest BCUT2D eigenvalue weighted by molar-refractivity contribution is -0.147. The van der Waals surface area contributed by atoms with Crippen LogP contribution >= 0.6 is 0 Å². The summed E-state index contributed by atoms with van der Waals surface area (Å²) in [6.45, 7) is 3.40. The zero-order valence-corrected chi connectivity index (χ0v) is 21.4. The molecular formula is C26H31N5O7. The van der Waals surface area contributed by atoms with Crippen LogP contribution in [0.3, 0.4) is 0 Å². The molecule has 0 aliphatic heterocycles. The Morgan fingerprint density at radius 2 is 1.87 bits per heavy atom. The van der Waals surface area contributed by atoms with Crippen molar-refractivity contribution in [3.05, 3.63) is 60.6 Å². The number of urea groups is 1. The molecule has 2 aromatic carbocycles. The summed E-state index contributed by atoms with van der Waals surface area (Å²) >= 11 is 0. The Morgan fingerprint density at radius 1 is 1.11 bits per heavy atom. The van der Waals surface area contributed by atoms with Gasteiger partial charge in [0.2, 0.25) is 0 Å². The van der Waals surface area contributed by atoms with E-state index in [0.717, 1.165) is 5.56 Å². The summed E-state index contributed by atoms with van der Waals surface area (Å²) in [5, 5.41) is 8.15. The lowest BCUT2D eigenvalue weighted by atomic mass is 10.1. The van der Waals surface area contributed by atoms with Crippen molar-refractivity contribution in [3.8, 4) is 17.1 Å². The molecule has 5 N–H and O–H groups in total. The number of nitrogens with one attached hydrogen (secondary N) is 3. The number of esters is 1. The highest BCUT2D eigenvalue weighted by molar-refractivity contribution is 6.00.